The Morgan fingerprint density at radius 1 is 0.784 bits per heavy atom. The van der Waals surface area contributed by atoms with Gasteiger partial charge in [0.1, 0.15) is 0 Å². The summed E-state index contributed by atoms with van der Waals surface area (Å²) in [5.41, 5.74) is 4.24. The Labute approximate surface area is 219 Å². The summed E-state index contributed by atoms with van der Waals surface area (Å²) in [6.45, 7) is 3.27. The van der Waals surface area contributed by atoms with Crippen LogP contribution in [0.3, 0.4) is 0 Å². The summed E-state index contributed by atoms with van der Waals surface area (Å²) < 4.78 is 5.33. The van der Waals surface area contributed by atoms with Crippen molar-refractivity contribution in [3.8, 4) is 0 Å². The second-order valence-electron chi connectivity index (χ2n) is 9.59. The molecule has 0 bridgehead atoms. The van der Waals surface area contributed by atoms with Crippen LogP contribution in [0.2, 0.25) is 0 Å². The number of rotatable bonds is 9. The van der Waals surface area contributed by atoms with E-state index in [1.807, 2.05) is 13.0 Å². The minimum Gasteiger partial charge on any atom is -0.465 e. The van der Waals surface area contributed by atoms with Gasteiger partial charge in [0.25, 0.3) is 0 Å². The van der Waals surface area contributed by atoms with Crippen LogP contribution in [0.1, 0.15) is 41.6 Å². The van der Waals surface area contributed by atoms with E-state index in [2.05, 4.69) is 125 Å². The maximum absolute atomic E-state index is 12.5. The summed E-state index contributed by atoms with van der Waals surface area (Å²) in [6.07, 6.45) is 0.887. The highest BCUT2D eigenvalue weighted by atomic mass is 16.5. The van der Waals surface area contributed by atoms with E-state index in [9.17, 15) is 4.79 Å². The monoisotopic (exact) mass is 490 g/mol. The zero-order valence-corrected chi connectivity index (χ0v) is 21.3. The fourth-order valence-electron chi connectivity index (χ4n) is 5.70. The van der Waals surface area contributed by atoms with E-state index < -0.39 is 5.54 Å². The van der Waals surface area contributed by atoms with Crippen molar-refractivity contribution in [2.45, 2.75) is 31.0 Å². The van der Waals surface area contributed by atoms with E-state index in [-0.39, 0.29) is 24.6 Å². The van der Waals surface area contributed by atoms with Crippen molar-refractivity contribution in [2.75, 3.05) is 19.7 Å². The predicted molar refractivity (Wildman–Crippen MR) is 148 cm³/mol. The first-order valence-electron chi connectivity index (χ1n) is 13.1. The molecule has 4 aromatic rings. The number of nitrogens with zero attached hydrogens (tertiary/aromatic N) is 1. The van der Waals surface area contributed by atoms with Crippen LogP contribution in [-0.4, -0.2) is 36.6 Å². The second kappa shape index (κ2) is 11.5. The Kier molecular flexibility index (Phi) is 7.79. The zero-order chi connectivity index (χ0) is 25.5. The van der Waals surface area contributed by atoms with E-state index >= 15 is 0 Å². The molecule has 0 radical (unpaired) electrons. The summed E-state index contributed by atoms with van der Waals surface area (Å²) in [5, 5.41) is 4.12. The molecular weight excluding hydrogens is 456 g/mol. The summed E-state index contributed by atoms with van der Waals surface area (Å²) in [4.78, 5) is 14.8. The summed E-state index contributed by atoms with van der Waals surface area (Å²) in [6, 6.07) is 42.8. The molecule has 1 aliphatic heterocycles. The van der Waals surface area contributed by atoms with Crippen LogP contribution < -0.4 is 5.32 Å². The lowest BCUT2D eigenvalue weighted by Crippen LogP contribution is -2.50. The molecule has 5 rings (SSSR count). The Balaban J connectivity index is 1.57. The average Bonchev–Trinajstić information content (AvgIpc) is 3.35. The molecule has 0 spiro atoms. The molecule has 1 aliphatic rings. The average molecular weight is 491 g/mol. The van der Waals surface area contributed by atoms with Crippen LogP contribution in [0.4, 0.5) is 0 Å². The van der Waals surface area contributed by atoms with Crippen molar-refractivity contribution in [1.29, 1.82) is 0 Å². The Morgan fingerprint density at radius 2 is 1.24 bits per heavy atom. The molecule has 0 saturated carbocycles. The number of ether oxygens (including phenoxy) is 1. The van der Waals surface area contributed by atoms with Gasteiger partial charge >= 0.3 is 5.97 Å². The van der Waals surface area contributed by atoms with Crippen LogP contribution in [0.15, 0.2) is 121 Å². The molecule has 1 saturated heterocycles. The van der Waals surface area contributed by atoms with Gasteiger partial charge in [-0.15, -0.1) is 0 Å². The van der Waals surface area contributed by atoms with Crippen molar-refractivity contribution < 1.29 is 9.53 Å². The molecule has 1 fully saturated rings. The lowest BCUT2D eigenvalue weighted by atomic mass is 9.76. The third kappa shape index (κ3) is 5.36. The number of nitrogens with one attached hydrogen (secondary N) is 1. The van der Waals surface area contributed by atoms with E-state index in [1.54, 1.807) is 0 Å². The summed E-state index contributed by atoms with van der Waals surface area (Å²) >= 11 is 0. The van der Waals surface area contributed by atoms with Gasteiger partial charge in [0.15, 0.2) is 0 Å². The Bertz CT molecular complexity index is 1170. The first kappa shape index (κ1) is 24.9. The number of benzene rings is 4. The fraction of sp³-hybridized carbons (Fsp3) is 0.242. The minimum absolute atomic E-state index is 0.128. The topological polar surface area (TPSA) is 41.6 Å². The molecule has 4 heteroatoms. The van der Waals surface area contributed by atoms with Gasteiger partial charge in [0.2, 0.25) is 0 Å². The SMILES string of the molecule is CCOC(=O)CN1CC(NC(c2ccccc2)(c2ccccc2)c2ccccc2)CC1c1ccccc1. The minimum atomic E-state index is -0.546. The van der Waals surface area contributed by atoms with Gasteiger partial charge in [-0.2, -0.15) is 0 Å². The first-order valence-corrected chi connectivity index (χ1v) is 13.1. The molecule has 0 aromatic heterocycles. The second-order valence-corrected chi connectivity index (χ2v) is 9.59. The number of carbonyl (C=O) groups is 1. The summed E-state index contributed by atoms with van der Waals surface area (Å²) in [7, 11) is 0. The first-order chi connectivity index (χ1) is 18.2. The van der Waals surface area contributed by atoms with Gasteiger partial charge in [-0.05, 0) is 35.6 Å². The normalized spacial score (nSPS) is 18.0. The molecule has 1 N–H and O–H groups in total. The third-order valence-electron chi connectivity index (χ3n) is 7.27. The van der Waals surface area contributed by atoms with Crippen molar-refractivity contribution in [1.82, 2.24) is 10.2 Å². The number of carbonyl (C=O) groups excluding carboxylic acids is 1. The van der Waals surface area contributed by atoms with Crippen molar-refractivity contribution in [2.24, 2.45) is 0 Å². The maximum Gasteiger partial charge on any atom is 0.320 e. The van der Waals surface area contributed by atoms with Crippen molar-refractivity contribution in [3.63, 3.8) is 0 Å². The lowest BCUT2D eigenvalue weighted by molar-refractivity contribution is -0.144. The lowest BCUT2D eigenvalue weighted by Gasteiger charge is -2.39. The van der Waals surface area contributed by atoms with Crippen LogP contribution in [0.5, 0.6) is 0 Å². The highest BCUT2D eigenvalue weighted by molar-refractivity contribution is 5.71. The quantitative estimate of drug-likeness (QED) is 0.233. The van der Waals surface area contributed by atoms with Gasteiger partial charge in [-0.1, -0.05) is 121 Å². The van der Waals surface area contributed by atoms with Gasteiger partial charge < -0.3 is 4.74 Å². The molecule has 0 amide bonds. The van der Waals surface area contributed by atoms with E-state index in [0.29, 0.717) is 6.61 Å². The highest BCUT2D eigenvalue weighted by Crippen LogP contribution is 2.40. The Morgan fingerprint density at radius 3 is 1.70 bits per heavy atom. The highest BCUT2D eigenvalue weighted by Gasteiger charge is 2.42. The van der Waals surface area contributed by atoms with E-state index in [0.717, 1.165) is 13.0 Å². The third-order valence-corrected chi connectivity index (χ3v) is 7.27. The van der Waals surface area contributed by atoms with Crippen molar-refractivity contribution >= 4 is 5.97 Å². The fourth-order valence-corrected chi connectivity index (χ4v) is 5.70. The Hall–Kier alpha value is -3.73. The van der Waals surface area contributed by atoms with Crippen LogP contribution in [0, 0.1) is 0 Å². The standard InChI is InChI=1S/C33H34N2O2/c1-2-37-32(36)25-35-24-30(23-31(35)26-15-7-3-8-16-26)34-33(27-17-9-4-10-18-27,28-19-11-5-12-20-28)29-21-13-6-14-22-29/h3-22,30-31,34H,2,23-25H2,1H3. The maximum atomic E-state index is 12.5. The zero-order valence-electron chi connectivity index (χ0n) is 21.3. The molecule has 4 aromatic carbocycles. The van der Waals surface area contributed by atoms with E-state index in [1.165, 1.54) is 22.3 Å². The number of esters is 1. The van der Waals surface area contributed by atoms with Gasteiger partial charge in [0, 0.05) is 18.6 Å². The number of hydrogen-bond donors (Lipinski definition) is 1. The van der Waals surface area contributed by atoms with Crippen LogP contribution >= 0.6 is 0 Å². The largest absolute Gasteiger partial charge is 0.465 e. The molecule has 0 aliphatic carbocycles. The van der Waals surface area contributed by atoms with Gasteiger partial charge in [0.05, 0.1) is 18.7 Å². The van der Waals surface area contributed by atoms with Crippen LogP contribution in [-0.2, 0) is 15.1 Å². The molecule has 2 unspecified atom stereocenters. The predicted octanol–water partition coefficient (Wildman–Crippen LogP) is 5.95. The van der Waals surface area contributed by atoms with Gasteiger partial charge in [-0.3, -0.25) is 15.0 Å². The molecular formula is C33H34N2O2. The van der Waals surface area contributed by atoms with Gasteiger partial charge in [-0.25, -0.2) is 0 Å². The van der Waals surface area contributed by atoms with Crippen LogP contribution in [0.25, 0.3) is 0 Å². The molecule has 188 valence electrons. The molecule has 1 heterocycles. The van der Waals surface area contributed by atoms with E-state index in [4.69, 9.17) is 4.74 Å². The molecule has 2 atom stereocenters. The van der Waals surface area contributed by atoms with Crippen molar-refractivity contribution in [3.05, 3.63) is 144 Å². The smallest absolute Gasteiger partial charge is 0.320 e. The summed E-state index contributed by atoms with van der Waals surface area (Å²) in [5.74, 6) is -0.176. The molecule has 4 nitrogen and oxygen atoms in total. The molecule has 37 heavy (non-hydrogen) atoms. The number of likely N-dealkylation sites (tertiary alicyclic amines) is 1. The number of hydrogen-bond acceptors (Lipinski definition) is 4.